The first-order chi connectivity index (χ1) is 11.8. The quantitative estimate of drug-likeness (QED) is 0.411. The van der Waals surface area contributed by atoms with Crippen LogP contribution in [0.4, 0.5) is 5.00 Å². The maximum atomic E-state index is 4.49. The largest absolute Gasteiger partial charge is 0.360 e. The highest BCUT2D eigenvalue weighted by Gasteiger charge is 2.20. The number of piperidine rings is 1. The predicted octanol–water partition coefficient (Wildman–Crippen LogP) is 2.80. The number of rotatable bonds is 4. The van der Waals surface area contributed by atoms with Gasteiger partial charge in [-0.25, -0.2) is 0 Å². The third kappa shape index (κ3) is 5.99. The molecule has 0 aliphatic carbocycles. The molecule has 2 saturated heterocycles. The summed E-state index contributed by atoms with van der Waals surface area (Å²) in [6.07, 6.45) is 2.69. The zero-order valence-electron chi connectivity index (χ0n) is 15.5. The van der Waals surface area contributed by atoms with E-state index in [1.165, 1.54) is 30.9 Å². The molecule has 0 radical (unpaired) electrons. The Bertz CT molecular complexity index is 506. The molecule has 25 heavy (non-hydrogen) atoms. The zero-order chi connectivity index (χ0) is 16.8. The molecular formula is C18H32IN5S. The van der Waals surface area contributed by atoms with Crippen molar-refractivity contribution in [3.05, 3.63) is 17.5 Å². The number of guanidine groups is 1. The Morgan fingerprint density at radius 3 is 2.52 bits per heavy atom. The van der Waals surface area contributed by atoms with Crippen molar-refractivity contribution in [1.29, 1.82) is 0 Å². The van der Waals surface area contributed by atoms with Gasteiger partial charge in [-0.15, -0.1) is 35.3 Å². The standard InChI is InChI=1S/C18H31N5S.HI/c1-16-5-8-21(9-6-16)10-7-20-18(19-2)23-13-11-22(12-14-23)17-4-3-15-24-17;/h3-4,15-16H,5-14H2,1-2H3,(H,19,20);1H. The lowest BCUT2D eigenvalue weighted by molar-refractivity contribution is 0.194. The molecule has 0 bridgehead atoms. The number of aliphatic imine (C=N–C) groups is 1. The van der Waals surface area contributed by atoms with Crippen LogP contribution in [-0.4, -0.2) is 75.2 Å². The fourth-order valence-corrected chi connectivity index (χ4v) is 4.32. The van der Waals surface area contributed by atoms with E-state index in [0.717, 1.165) is 51.1 Å². The summed E-state index contributed by atoms with van der Waals surface area (Å²) in [4.78, 5) is 11.9. The van der Waals surface area contributed by atoms with Gasteiger partial charge in [0.2, 0.25) is 0 Å². The Hall–Kier alpha value is -0.540. The van der Waals surface area contributed by atoms with Gasteiger partial charge in [0.05, 0.1) is 5.00 Å². The lowest BCUT2D eigenvalue weighted by Crippen LogP contribution is -2.53. The number of anilines is 1. The van der Waals surface area contributed by atoms with Crippen molar-refractivity contribution < 1.29 is 0 Å². The van der Waals surface area contributed by atoms with Gasteiger partial charge >= 0.3 is 0 Å². The average Bonchev–Trinajstić information content (AvgIpc) is 3.15. The number of likely N-dealkylation sites (tertiary alicyclic amines) is 1. The maximum absolute atomic E-state index is 4.49. The van der Waals surface area contributed by atoms with E-state index >= 15 is 0 Å². The molecule has 0 spiro atoms. The highest BCUT2D eigenvalue weighted by molar-refractivity contribution is 14.0. The predicted molar refractivity (Wildman–Crippen MR) is 120 cm³/mol. The molecule has 1 aromatic rings. The van der Waals surface area contributed by atoms with Gasteiger partial charge in [0.1, 0.15) is 0 Å². The SMILES string of the molecule is CN=C(NCCN1CCC(C)CC1)N1CCN(c2cccs2)CC1.I. The van der Waals surface area contributed by atoms with Gasteiger partial charge in [0.15, 0.2) is 5.96 Å². The Morgan fingerprint density at radius 2 is 1.92 bits per heavy atom. The minimum atomic E-state index is 0. The number of hydrogen-bond donors (Lipinski definition) is 1. The van der Waals surface area contributed by atoms with Crippen LogP contribution in [0.1, 0.15) is 19.8 Å². The summed E-state index contributed by atoms with van der Waals surface area (Å²) in [6, 6.07) is 4.35. The van der Waals surface area contributed by atoms with Crippen LogP contribution < -0.4 is 10.2 Å². The van der Waals surface area contributed by atoms with Crippen molar-refractivity contribution in [2.75, 3.05) is 64.3 Å². The lowest BCUT2D eigenvalue weighted by atomic mass is 9.99. The normalized spacial score (nSPS) is 20.5. The van der Waals surface area contributed by atoms with E-state index in [9.17, 15) is 0 Å². The number of thiophene rings is 1. The molecule has 142 valence electrons. The number of hydrogen-bond acceptors (Lipinski definition) is 4. The van der Waals surface area contributed by atoms with Gasteiger partial charge in [-0.2, -0.15) is 0 Å². The minimum Gasteiger partial charge on any atom is -0.360 e. The molecule has 3 heterocycles. The summed E-state index contributed by atoms with van der Waals surface area (Å²) in [6.45, 7) is 11.2. The van der Waals surface area contributed by atoms with Crippen molar-refractivity contribution in [2.24, 2.45) is 10.9 Å². The van der Waals surface area contributed by atoms with Crippen LogP contribution in [0.15, 0.2) is 22.5 Å². The molecule has 0 amide bonds. The molecule has 2 fully saturated rings. The van der Waals surface area contributed by atoms with E-state index in [1.54, 1.807) is 0 Å². The third-order valence-corrected chi connectivity index (χ3v) is 6.13. The Kier molecular flexibility index (Phi) is 8.78. The van der Waals surface area contributed by atoms with Crippen LogP contribution >= 0.6 is 35.3 Å². The Labute approximate surface area is 173 Å². The average molecular weight is 477 g/mol. The number of nitrogens with zero attached hydrogens (tertiary/aromatic N) is 4. The first-order valence-corrected chi connectivity index (χ1v) is 10.1. The van der Waals surface area contributed by atoms with Crippen molar-refractivity contribution in [1.82, 2.24) is 15.1 Å². The van der Waals surface area contributed by atoms with E-state index in [2.05, 4.69) is 49.4 Å². The van der Waals surface area contributed by atoms with Gasteiger partial charge < -0.3 is 20.0 Å². The van der Waals surface area contributed by atoms with Crippen molar-refractivity contribution in [3.8, 4) is 0 Å². The fourth-order valence-electron chi connectivity index (χ4n) is 3.53. The van der Waals surface area contributed by atoms with E-state index in [4.69, 9.17) is 0 Å². The van der Waals surface area contributed by atoms with Crippen LogP contribution in [0.2, 0.25) is 0 Å². The van der Waals surface area contributed by atoms with Gasteiger partial charge in [-0.05, 0) is 49.4 Å². The maximum Gasteiger partial charge on any atom is 0.193 e. The molecular weight excluding hydrogens is 445 g/mol. The number of nitrogens with one attached hydrogen (secondary N) is 1. The summed E-state index contributed by atoms with van der Waals surface area (Å²) in [5.74, 6) is 1.97. The van der Waals surface area contributed by atoms with Gasteiger partial charge in [-0.3, -0.25) is 4.99 Å². The minimum absolute atomic E-state index is 0. The molecule has 3 rings (SSSR count). The summed E-state index contributed by atoms with van der Waals surface area (Å²) in [7, 11) is 1.90. The number of piperazine rings is 1. The van der Waals surface area contributed by atoms with E-state index in [-0.39, 0.29) is 24.0 Å². The van der Waals surface area contributed by atoms with E-state index < -0.39 is 0 Å². The van der Waals surface area contributed by atoms with E-state index in [1.807, 2.05) is 18.4 Å². The van der Waals surface area contributed by atoms with Gasteiger partial charge in [0.25, 0.3) is 0 Å². The summed E-state index contributed by atoms with van der Waals surface area (Å²) < 4.78 is 0. The topological polar surface area (TPSA) is 34.1 Å². The second kappa shape index (κ2) is 10.6. The Balaban J connectivity index is 0.00000225. The van der Waals surface area contributed by atoms with Crippen molar-refractivity contribution >= 4 is 46.3 Å². The van der Waals surface area contributed by atoms with Crippen molar-refractivity contribution in [2.45, 2.75) is 19.8 Å². The van der Waals surface area contributed by atoms with Gasteiger partial charge in [0, 0.05) is 46.3 Å². The summed E-state index contributed by atoms with van der Waals surface area (Å²) in [5, 5.41) is 7.11. The molecule has 0 saturated carbocycles. The van der Waals surface area contributed by atoms with Crippen LogP contribution in [0.5, 0.6) is 0 Å². The van der Waals surface area contributed by atoms with Crippen molar-refractivity contribution in [3.63, 3.8) is 0 Å². The molecule has 1 aromatic heterocycles. The second-order valence-corrected chi connectivity index (χ2v) is 7.85. The smallest absolute Gasteiger partial charge is 0.193 e. The fraction of sp³-hybridized carbons (Fsp3) is 0.722. The summed E-state index contributed by atoms with van der Waals surface area (Å²) >= 11 is 1.83. The first-order valence-electron chi connectivity index (χ1n) is 9.22. The highest BCUT2D eigenvalue weighted by atomic mass is 127. The number of halogens is 1. The molecule has 7 heteroatoms. The molecule has 0 atom stereocenters. The Morgan fingerprint density at radius 1 is 1.20 bits per heavy atom. The summed E-state index contributed by atoms with van der Waals surface area (Å²) in [5.41, 5.74) is 0. The van der Waals surface area contributed by atoms with Crippen LogP contribution in [0.3, 0.4) is 0 Å². The molecule has 2 aliphatic rings. The van der Waals surface area contributed by atoms with Crippen LogP contribution in [0, 0.1) is 5.92 Å². The molecule has 1 N–H and O–H groups in total. The molecule has 2 aliphatic heterocycles. The molecule has 0 unspecified atom stereocenters. The lowest BCUT2D eigenvalue weighted by Gasteiger charge is -2.37. The van der Waals surface area contributed by atoms with E-state index in [0.29, 0.717) is 0 Å². The third-order valence-electron chi connectivity index (χ3n) is 5.20. The monoisotopic (exact) mass is 477 g/mol. The van der Waals surface area contributed by atoms with Crippen LogP contribution in [-0.2, 0) is 0 Å². The molecule has 0 aromatic carbocycles. The van der Waals surface area contributed by atoms with Gasteiger partial charge in [-0.1, -0.05) is 6.92 Å². The zero-order valence-corrected chi connectivity index (χ0v) is 18.6. The molecule has 5 nitrogen and oxygen atoms in total. The highest BCUT2D eigenvalue weighted by Crippen LogP contribution is 2.22. The first kappa shape index (κ1) is 20.8. The van der Waals surface area contributed by atoms with Crippen LogP contribution in [0.25, 0.3) is 0 Å². The second-order valence-electron chi connectivity index (χ2n) is 6.92.